The maximum atomic E-state index is 12.9. The van der Waals surface area contributed by atoms with Gasteiger partial charge in [0, 0.05) is 6.08 Å². The molecule has 1 aliphatic rings. The third kappa shape index (κ3) is 2.93. The first-order chi connectivity index (χ1) is 11.6. The number of para-hydroxylation sites is 1. The van der Waals surface area contributed by atoms with E-state index in [1.807, 2.05) is 18.2 Å². The average Bonchev–Trinajstić information content (AvgIpc) is 3.18. The standard InChI is InChI=1S/C17H14N2O4S/c1-22-15(20)11-18-14(10-13-8-5-9-23-13)16(21)19(17(18)24)12-6-3-2-4-7-12/h2-10H,11H2,1H3. The Morgan fingerprint density at radius 3 is 2.62 bits per heavy atom. The summed E-state index contributed by atoms with van der Waals surface area (Å²) in [6.45, 7) is -0.156. The topological polar surface area (TPSA) is 63.0 Å². The number of amides is 1. The Hall–Kier alpha value is -2.93. The largest absolute Gasteiger partial charge is 0.468 e. The minimum atomic E-state index is -0.495. The van der Waals surface area contributed by atoms with Gasteiger partial charge in [-0.3, -0.25) is 14.5 Å². The lowest BCUT2D eigenvalue weighted by molar-refractivity contribution is -0.140. The molecule has 0 bridgehead atoms. The van der Waals surface area contributed by atoms with Crippen LogP contribution in [0, 0.1) is 0 Å². The van der Waals surface area contributed by atoms with Crippen LogP contribution in [-0.4, -0.2) is 35.5 Å². The molecule has 24 heavy (non-hydrogen) atoms. The van der Waals surface area contributed by atoms with Gasteiger partial charge in [-0.1, -0.05) is 18.2 Å². The zero-order chi connectivity index (χ0) is 17.1. The molecule has 0 atom stereocenters. The van der Waals surface area contributed by atoms with E-state index in [-0.39, 0.29) is 23.3 Å². The number of hydrogen-bond donors (Lipinski definition) is 0. The van der Waals surface area contributed by atoms with Crippen LogP contribution in [0.15, 0.2) is 58.8 Å². The minimum Gasteiger partial charge on any atom is -0.468 e. The Morgan fingerprint density at radius 2 is 2.00 bits per heavy atom. The van der Waals surface area contributed by atoms with Crippen LogP contribution in [-0.2, 0) is 14.3 Å². The zero-order valence-corrected chi connectivity index (χ0v) is 13.7. The van der Waals surface area contributed by atoms with Crippen LogP contribution >= 0.6 is 12.2 Å². The molecule has 0 unspecified atom stereocenters. The van der Waals surface area contributed by atoms with Gasteiger partial charge in [-0.05, 0) is 36.5 Å². The van der Waals surface area contributed by atoms with Crippen LogP contribution in [0.2, 0.25) is 0 Å². The van der Waals surface area contributed by atoms with E-state index >= 15 is 0 Å². The summed E-state index contributed by atoms with van der Waals surface area (Å²) in [6, 6.07) is 12.4. The van der Waals surface area contributed by atoms with Crippen LogP contribution in [0.5, 0.6) is 0 Å². The van der Waals surface area contributed by atoms with E-state index in [1.54, 1.807) is 30.3 Å². The first-order valence-corrected chi connectivity index (χ1v) is 7.55. The molecule has 3 rings (SSSR count). The maximum Gasteiger partial charge on any atom is 0.325 e. The molecule has 6 nitrogen and oxygen atoms in total. The van der Waals surface area contributed by atoms with Gasteiger partial charge in [-0.15, -0.1) is 0 Å². The Kier molecular flexibility index (Phi) is 4.43. The molecular formula is C17H14N2O4S. The van der Waals surface area contributed by atoms with Crippen LogP contribution < -0.4 is 4.90 Å². The molecule has 1 fully saturated rings. The number of carbonyl (C=O) groups is 2. The monoisotopic (exact) mass is 342 g/mol. The summed E-state index contributed by atoms with van der Waals surface area (Å²) >= 11 is 5.41. The molecule has 1 saturated heterocycles. The molecular weight excluding hydrogens is 328 g/mol. The van der Waals surface area contributed by atoms with Crippen LogP contribution in [0.1, 0.15) is 5.76 Å². The fourth-order valence-corrected chi connectivity index (χ4v) is 2.69. The van der Waals surface area contributed by atoms with Crippen molar-refractivity contribution < 1.29 is 18.7 Å². The quantitative estimate of drug-likeness (QED) is 0.483. The second kappa shape index (κ2) is 6.67. The van der Waals surface area contributed by atoms with Crippen molar-refractivity contribution in [3.8, 4) is 0 Å². The van der Waals surface area contributed by atoms with E-state index in [4.69, 9.17) is 21.4 Å². The molecule has 1 aromatic carbocycles. The summed E-state index contributed by atoms with van der Waals surface area (Å²) in [5.74, 6) is -0.331. The van der Waals surface area contributed by atoms with Crippen molar-refractivity contribution >= 4 is 41.0 Å². The number of methoxy groups -OCH3 is 1. The van der Waals surface area contributed by atoms with Crippen molar-refractivity contribution in [1.82, 2.24) is 4.90 Å². The van der Waals surface area contributed by atoms with Gasteiger partial charge in [0.15, 0.2) is 5.11 Å². The Balaban J connectivity index is 2.02. The highest BCUT2D eigenvalue weighted by Crippen LogP contribution is 2.28. The second-order valence-corrected chi connectivity index (χ2v) is 5.33. The number of anilines is 1. The highest BCUT2D eigenvalue weighted by atomic mass is 32.1. The average molecular weight is 342 g/mol. The Bertz CT molecular complexity index is 799. The molecule has 0 aliphatic carbocycles. The van der Waals surface area contributed by atoms with Crippen LogP contribution in [0.25, 0.3) is 6.08 Å². The van der Waals surface area contributed by atoms with Crippen molar-refractivity contribution in [3.05, 3.63) is 60.2 Å². The lowest BCUT2D eigenvalue weighted by atomic mass is 10.2. The first-order valence-electron chi connectivity index (χ1n) is 7.15. The number of thiocarbonyl (C=S) groups is 1. The van der Waals surface area contributed by atoms with E-state index in [0.717, 1.165) is 0 Å². The van der Waals surface area contributed by atoms with Crippen molar-refractivity contribution in [3.63, 3.8) is 0 Å². The molecule has 0 spiro atoms. The van der Waals surface area contributed by atoms with Crippen molar-refractivity contribution in [2.75, 3.05) is 18.6 Å². The number of esters is 1. The van der Waals surface area contributed by atoms with Gasteiger partial charge in [0.25, 0.3) is 5.91 Å². The summed E-state index contributed by atoms with van der Waals surface area (Å²) in [5.41, 5.74) is 0.884. The zero-order valence-electron chi connectivity index (χ0n) is 12.8. The number of nitrogens with zero attached hydrogens (tertiary/aromatic N) is 2. The van der Waals surface area contributed by atoms with Crippen LogP contribution in [0.3, 0.4) is 0 Å². The first kappa shape index (κ1) is 15.9. The van der Waals surface area contributed by atoms with Gasteiger partial charge in [-0.2, -0.15) is 0 Å². The summed E-state index contributed by atoms with van der Waals surface area (Å²) in [6.07, 6.45) is 3.06. The normalized spacial score (nSPS) is 16.1. The van der Waals surface area contributed by atoms with Crippen molar-refractivity contribution in [1.29, 1.82) is 0 Å². The fraction of sp³-hybridized carbons (Fsp3) is 0.118. The summed E-state index contributed by atoms with van der Waals surface area (Å²) in [7, 11) is 1.29. The van der Waals surface area contributed by atoms with Gasteiger partial charge >= 0.3 is 5.97 Å². The molecule has 0 radical (unpaired) electrons. The number of furan rings is 1. The molecule has 122 valence electrons. The number of benzene rings is 1. The molecule has 1 aromatic heterocycles. The summed E-state index contributed by atoms with van der Waals surface area (Å²) < 4.78 is 9.97. The molecule has 1 amide bonds. The lowest BCUT2D eigenvalue weighted by Gasteiger charge is -2.19. The van der Waals surface area contributed by atoms with E-state index in [9.17, 15) is 9.59 Å². The fourth-order valence-electron chi connectivity index (χ4n) is 2.34. The number of hydrogen-bond acceptors (Lipinski definition) is 5. The number of ether oxygens (including phenoxy) is 1. The summed E-state index contributed by atoms with van der Waals surface area (Å²) in [4.78, 5) is 27.4. The third-order valence-electron chi connectivity index (χ3n) is 3.49. The van der Waals surface area contributed by atoms with Crippen LogP contribution in [0.4, 0.5) is 5.69 Å². The molecule has 0 saturated carbocycles. The maximum absolute atomic E-state index is 12.9. The van der Waals surface area contributed by atoms with E-state index in [0.29, 0.717) is 11.4 Å². The Labute approximate surface area is 143 Å². The van der Waals surface area contributed by atoms with E-state index < -0.39 is 5.97 Å². The molecule has 2 aromatic rings. The third-order valence-corrected chi connectivity index (χ3v) is 3.89. The Morgan fingerprint density at radius 1 is 1.25 bits per heavy atom. The molecule has 2 heterocycles. The van der Waals surface area contributed by atoms with Gasteiger partial charge in [0.1, 0.15) is 18.0 Å². The highest BCUT2D eigenvalue weighted by Gasteiger charge is 2.40. The highest BCUT2D eigenvalue weighted by molar-refractivity contribution is 7.80. The van der Waals surface area contributed by atoms with Crippen molar-refractivity contribution in [2.45, 2.75) is 0 Å². The van der Waals surface area contributed by atoms with E-state index in [1.165, 1.54) is 23.2 Å². The predicted octanol–water partition coefficient (Wildman–Crippen LogP) is 2.43. The second-order valence-electron chi connectivity index (χ2n) is 4.97. The van der Waals surface area contributed by atoms with Gasteiger partial charge in [-0.25, -0.2) is 0 Å². The van der Waals surface area contributed by atoms with Gasteiger partial charge in [0.2, 0.25) is 0 Å². The van der Waals surface area contributed by atoms with Gasteiger partial charge in [0.05, 0.1) is 19.1 Å². The van der Waals surface area contributed by atoms with E-state index in [2.05, 4.69) is 0 Å². The summed E-state index contributed by atoms with van der Waals surface area (Å²) in [5, 5.41) is 0.217. The number of rotatable bonds is 4. The lowest BCUT2D eigenvalue weighted by Crippen LogP contribution is -2.35. The minimum absolute atomic E-state index is 0.156. The molecule has 7 heteroatoms. The smallest absolute Gasteiger partial charge is 0.325 e. The SMILES string of the molecule is COC(=O)CN1C(=S)N(c2ccccc2)C(=O)C1=Cc1ccco1. The molecule has 1 aliphatic heterocycles. The number of carbonyl (C=O) groups excluding carboxylic acids is 2. The predicted molar refractivity (Wildman–Crippen MR) is 91.9 cm³/mol. The van der Waals surface area contributed by atoms with Crippen molar-refractivity contribution in [2.24, 2.45) is 0 Å². The van der Waals surface area contributed by atoms with Gasteiger partial charge < -0.3 is 14.1 Å². The molecule has 0 N–H and O–H groups in total.